The molecule has 1 heterocycles. The highest BCUT2D eigenvalue weighted by molar-refractivity contribution is 5.92. The number of carboxylic acids is 1. The van der Waals surface area contributed by atoms with Crippen LogP contribution in [0.5, 0.6) is 0 Å². The minimum Gasteiger partial charge on any atom is -0.480 e. The van der Waals surface area contributed by atoms with Crippen LogP contribution in [0.4, 0.5) is 10.5 Å². The van der Waals surface area contributed by atoms with Crippen LogP contribution in [0, 0.1) is 0 Å². The number of aliphatic carboxylic acids is 1. The Morgan fingerprint density at radius 2 is 2.26 bits per heavy atom. The zero-order valence-electron chi connectivity index (χ0n) is 10.2. The molecule has 0 aliphatic rings. The third-order valence-corrected chi connectivity index (χ3v) is 2.22. The number of amides is 2. The molecule has 1 atom stereocenters. The number of rotatable bonds is 6. The van der Waals surface area contributed by atoms with Gasteiger partial charge in [-0.1, -0.05) is 0 Å². The number of H-pyrrole nitrogens is 1. The number of aromatic nitrogens is 2. The van der Waals surface area contributed by atoms with Crippen molar-refractivity contribution in [3.63, 3.8) is 0 Å². The number of ether oxygens (including phenoxy) is 1. The summed E-state index contributed by atoms with van der Waals surface area (Å²) in [7, 11) is 1.21. The molecule has 1 aromatic heterocycles. The molecule has 19 heavy (non-hydrogen) atoms. The van der Waals surface area contributed by atoms with Crippen molar-refractivity contribution < 1.29 is 24.2 Å². The fourth-order valence-corrected chi connectivity index (χ4v) is 1.27. The first-order valence-electron chi connectivity index (χ1n) is 5.39. The Hall–Kier alpha value is -2.58. The first-order valence-corrected chi connectivity index (χ1v) is 5.39. The fourth-order valence-electron chi connectivity index (χ4n) is 1.27. The summed E-state index contributed by atoms with van der Waals surface area (Å²) in [4.78, 5) is 33.3. The fraction of sp³-hybridized carbons (Fsp3) is 0.400. The van der Waals surface area contributed by atoms with Gasteiger partial charge in [0.05, 0.1) is 19.0 Å². The van der Waals surface area contributed by atoms with E-state index in [1.807, 2.05) is 0 Å². The van der Waals surface area contributed by atoms with Crippen molar-refractivity contribution >= 4 is 23.7 Å². The lowest BCUT2D eigenvalue weighted by atomic mass is 10.1. The maximum atomic E-state index is 11.5. The number of hydrogen-bond acceptors (Lipinski definition) is 5. The number of carboxylic acid groups (broad SMARTS) is 1. The SMILES string of the molecule is COC(=O)CC[C@H](NC(=O)Nc1cn[nH]c1)C(=O)O. The van der Waals surface area contributed by atoms with Gasteiger partial charge in [0.1, 0.15) is 6.04 Å². The van der Waals surface area contributed by atoms with Crippen molar-refractivity contribution in [2.24, 2.45) is 0 Å². The van der Waals surface area contributed by atoms with Gasteiger partial charge in [0.25, 0.3) is 0 Å². The number of carbonyl (C=O) groups excluding carboxylic acids is 2. The van der Waals surface area contributed by atoms with Crippen LogP contribution in [0.1, 0.15) is 12.8 Å². The summed E-state index contributed by atoms with van der Waals surface area (Å²) in [6.45, 7) is 0. The zero-order valence-corrected chi connectivity index (χ0v) is 10.2. The number of urea groups is 1. The molecular weight excluding hydrogens is 256 g/mol. The van der Waals surface area contributed by atoms with Crippen LogP contribution in [-0.2, 0) is 14.3 Å². The van der Waals surface area contributed by atoms with Crippen molar-refractivity contribution in [3.05, 3.63) is 12.4 Å². The molecule has 0 spiro atoms. The van der Waals surface area contributed by atoms with Gasteiger partial charge in [0, 0.05) is 12.6 Å². The van der Waals surface area contributed by atoms with Gasteiger partial charge in [0.2, 0.25) is 0 Å². The molecule has 0 unspecified atom stereocenters. The third kappa shape index (κ3) is 5.06. The number of aromatic amines is 1. The Kier molecular flexibility index (Phi) is 5.33. The highest BCUT2D eigenvalue weighted by Gasteiger charge is 2.21. The molecule has 0 aliphatic carbocycles. The molecule has 4 N–H and O–H groups in total. The number of carbonyl (C=O) groups is 3. The van der Waals surface area contributed by atoms with Crippen LogP contribution in [0.2, 0.25) is 0 Å². The van der Waals surface area contributed by atoms with Gasteiger partial charge in [-0.25, -0.2) is 9.59 Å². The number of nitrogens with zero attached hydrogens (tertiary/aromatic N) is 1. The Bertz CT molecular complexity index is 445. The molecule has 2 amide bonds. The van der Waals surface area contributed by atoms with Crippen LogP contribution in [0.25, 0.3) is 0 Å². The lowest BCUT2D eigenvalue weighted by Gasteiger charge is -2.13. The molecule has 0 radical (unpaired) electrons. The summed E-state index contributed by atoms with van der Waals surface area (Å²) in [6, 6.07) is -1.87. The molecule has 0 bridgehead atoms. The summed E-state index contributed by atoms with van der Waals surface area (Å²) in [6.07, 6.45) is 2.65. The normalized spacial score (nSPS) is 11.4. The van der Waals surface area contributed by atoms with Gasteiger partial charge in [-0.15, -0.1) is 0 Å². The van der Waals surface area contributed by atoms with E-state index in [1.54, 1.807) is 0 Å². The number of anilines is 1. The summed E-state index contributed by atoms with van der Waals surface area (Å²) >= 11 is 0. The highest BCUT2D eigenvalue weighted by Crippen LogP contribution is 2.03. The predicted octanol–water partition coefficient (Wildman–Crippen LogP) is -0.0624. The standard InChI is InChI=1S/C10H14N4O5/c1-19-8(15)3-2-7(9(16)17)14-10(18)13-6-4-11-12-5-6/h4-5,7H,2-3H2,1H3,(H,11,12)(H,16,17)(H2,13,14,18)/t7-/m0/s1. The Morgan fingerprint density at radius 3 is 2.79 bits per heavy atom. The molecule has 0 fully saturated rings. The topological polar surface area (TPSA) is 133 Å². The molecule has 104 valence electrons. The zero-order chi connectivity index (χ0) is 14.3. The molecule has 9 heteroatoms. The van der Waals surface area contributed by atoms with Crippen molar-refractivity contribution in [1.82, 2.24) is 15.5 Å². The van der Waals surface area contributed by atoms with Crippen LogP contribution in [0.3, 0.4) is 0 Å². The van der Waals surface area contributed by atoms with Gasteiger partial charge in [-0.3, -0.25) is 9.89 Å². The van der Waals surface area contributed by atoms with Crippen LogP contribution >= 0.6 is 0 Å². The van der Waals surface area contributed by atoms with Crippen molar-refractivity contribution in [1.29, 1.82) is 0 Å². The van der Waals surface area contributed by atoms with E-state index in [1.165, 1.54) is 19.5 Å². The molecule has 0 aromatic carbocycles. The van der Waals surface area contributed by atoms with Gasteiger partial charge in [0.15, 0.2) is 0 Å². The number of methoxy groups -OCH3 is 1. The third-order valence-electron chi connectivity index (χ3n) is 2.22. The lowest BCUT2D eigenvalue weighted by molar-refractivity contribution is -0.142. The monoisotopic (exact) mass is 270 g/mol. The first kappa shape index (κ1) is 14.5. The number of hydrogen-bond donors (Lipinski definition) is 4. The molecule has 0 saturated carbocycles. The molecule has 1 rings (SSSR count). The molecule has 0 aliphatic heterocycles. The number of esters is 1. The second kappa shape index (κ2) is 6.99. The van der Waals surface area contributed by atoms with E-state index in [2.05, 4.69) is 25.6 Å². The van der Waals surface area contributed by atoms with Gasteiger partial charge >= 0.3 is 18.0 Å². The Morgan fingerprint density at radius 1 is 1.53 bits per heavy atom. The van der Waals surface area contributed by atoms with E-state index in [4.69, 9.17) is 5.11 Å². The van der Waals surface area contributed by atoms with E-state index >= 15 is 0 Å². The van der Waals surface area contributed by atoms with Crippen molar-refractivity contribution in [3.8, 4) is 0 Å². The predicted molar refractivity (Wildman–Crippen MR) is 63.4 cm³/mol. The highest BCUT2D eigenvalue weighted by atomic mass is 16.5. The van der Waals surface area contributed by atoms with Crippen molar-refractivity contribution in [2.45, 2.75) is 18.9 Å². The van der Waals surface area contributed by atoms with Crippen molar-refractivity contribution in [2.75, 3.05) is 12.4 Å². The second-order valence-electron chi connectivity index (χ2n) is 3.59. The quantitative estimate of drug-likeness (QED) is 0.535. The van der Waals surface area contributed by atoms with E-state index in [9.17, 15) is 14.4 Å². The maximum absolute atomic E-state index is 11.5. The first-order chi connectivity index (χ1) is 9.02. The molecular formula is C10H14N4O5. The minimum absolute atomic E-state index is 0.0547. The van der Waals surface area contributed by atoms with E-state index in [0.29, 0.717) is 5.69 Å². The van der Waals surface area contributed by atoms with E-state index in [0.717, 1.165) is 0 Å². The summed E-state index contributed by atoms with van der Waals surface area (Å²) < 4.78 is 4.40. The molecule has 9 nitrogen and oxygen atoms in total. The van der Waals surface area contributed by atoms with Crippen LogP contribution in [-0.4, -0.2) is 46.4 Å². The van der Waals surface area contributed by atoms with E-state index in [-0.39, 0.29) is 12.8 Å². The average molecular weight is 270 g/mol. The smallest absolute Gasteiger partial charge is 0.326 e. The lowest BCUT2D eigenvalue weighted by Crippen LogP contribution is -2.43. The Balaban J connectivity index is 2.46. The maximum Gasteiger partial charge on any atom is 0.326 e. The molecule has 0 saturated heterocycles. The summed E-state index contributed by atoms with van der Waals surface area (Å²) in [5, 5.41) is 19.6. The Labute approximate surface area is 108 Å². The number of nitrogens with one attached hydrogen (secondary N) is 3. The van der Waals surface area contributed by atoms with E-state index < -0.39 is 24.0 Å². The van der Waals surface area contributed by atoms with Crippen LogP contribution < -0.4 is 10.6 Å². The summed E-state index contributed by atoms with van der Waals surface area (Å²) in [5.74, 6) is -1.77. The molecule has 1 aromatic rings. The van der Waals surface area contributed by atoms with Gasteiger partial charge in [-0.2, -0.15) is 5.10 Å². The average Bonchev–Trinajstić information content (AvgIpc) is 2.86. The van der Waals surface area contributed by atoms with Gasteiger partial charge < -0.3 is 20.5 Å². The largest absolute Gasteiger partial charge is 0.480 e. The second-order valence-corrected chi connectivity index (χ2v) is 3.59. The summed E-state index contributed by atoms with van der Waals surface area (Å²) in [5.41, 5.74) is 0.398. The van der Waals surface area contributed by atoms with Crippen LogP contribution in [0.15, 0.2) is 12.4 Å². The minimum atomic E-state index is -1.23. The van der Waals surface area contributed by atoms with Gasteiger partial charge in [-0.05, 0) is 6.42 Å².